The number of pyridine rings is 1. The molecule has 0 aliphatic heterocycles. The maximum atomic E-state index is 13.1. The zero-order valence-electron chi connectivity index (χ0n) is 11.6. The summed E-state index contributed by atoms with van der Waals surface area (Å²) in [5, 5.41) is 7.98. The zero-order valence-corrected chi connectivity index (χ0v) is 11.6. The van der Waals surface area contributed by atoms with E-state index in [-0.39, 0.29) is 24.4 Å². The second-order valence-corrected chi connectivity index (χ2v) is 4.16. The van der Waals surface area contributed by atoms with Crippen LogP contribution in [0.1, 0.15) is 30.1 Å². The highest BCUT2D eigenvalue weighted by molar-refractivity contribution is 5.98. The molecular formula is C13H19FN4O2. The third kappa shape index (κ3) is 4.83. The lowest BCUT2D eigenvalue weighted by molar-refractivity contribution is -0.120. The molecule has 0 spiro atoms. The number of hydrogen-bond donors (Lipinski definition) is 3. The maximum absolute atomic E-state index is 13.1. The van der Waals surface area contributed by atoms with Gasteiger partial charge in [-0.2, -0.15) is 0 Å². The number of aromatic nitrogens is 1. The first-order chi connectivity index (χ1) is 9.58. The Hall–Kier alpha value is -2.18. The second-order valence-electron chi connectivity index (χ2n) is 4.16. The summed E-state index contributed by atoms with van der Waals surface area (Å²) < 4.78 is 13.1. The predicted octanol–water partition coefficient (Wildman–Crippen LogP) is 0.908. The minimum atomic E-state index is -0.588. The average molecular weight is 282 g/mol. The minimum Gasteiger partial charge on any atom is -0.372 e. The van der Waals surface area contributed by atoms with Gasteiger partial charge in [-0.25, -0.2) is 9.37 Å². The average Bonchev–Trinajstić information content (AvgIpc) is 2.44. The Labute approximate surface area is 117 Å². The van der Waals surface area contributed by atoms with Crippen LogP contribution in [0.15, 0.2) is 12.3 Å². The SMILES string of the molecule is CCCNC(=O)CCNC(=O)c1cc(F)cnc1NC. The molecule has 0 atom stereocenters. The lowest BCUT2D eigenvalue weighted by atomic mass is 10.2. The van der Waals surface area contributed by atoms with Gasteiger partial charge in [0.2, 0.25) is 5.91 Å². The van der Waals surface area contributed by atoms with Crippen molar-refractivity contribution in [1.82, 2.24) is 15.6 Å². The molecule has 1 heterocycles. The molecule has 0 aliphatic carbocycles. The molecule has 0 radical (unpaired) electrons. The Bertz CT molecular complexity index is 479. The van der Waals surface area contributed by atoms with E-state index in [0.29, 0.717) is 12.4 Å². The van der Waals surface area contributed by atoms with Crippen molar-refractivity contribution in [3.8, 4) is 0 Å². The van der Waals surface area contributed by atoms with Crippen molar-refractivity contribution in [2.45, 2.75) is 19.8 Å². The highest BCUT2D eigenvalue weighted by Crippen LogP contribution is 2.12. The van der Waals surface area contributed by atoms with Crippen molar-refractivity contribution in [1.29, 1.82) is 0 Å². The van der Waals surface area contributed by atoms with Crippen LogP contribution in [0.25, 0.3) is 0 Å². The first-order valence-electron chi connectivity index (χ1n) is 6.46. The van der Waals surface area contributed by atoms with Gasteiger partial charge in [0.05, 0.1) is 11.8 Å². The Kier molecular flexibility index (Phi) is 6.42. The van der Waals surface area contributed by atoms with E-state index < -0.39 is 11.7 Å². The van der Waals surface area contributed by atoms with Gasteiger partial charge in [-0.1, -0.05) is 6.92 Å². The van der Waals surface area contributed by atoms with Crippen molar-refractivity contribution >= 4 is 17.6 Å². The van der Waals surface area contributed by atoms with Crippen LogP contribution in [0, 0.1) is 5.82 Å². The summed E-state index contributed by atoms with van der Waals surface area (Å²) in [6, 6.07) is 1.10. The van der Waals surface area contributed by atoms with Crippen LogP contribution in [0.4, 0.5) is 10.2 Å². The predicted molar refractivity (Wildman–Crippen MR) is 74.0 cm³/mol. The van der Waals surface area contributed by atoms with E-state index in [4.69, 9.17) is 0 Å². The molecule has 0 fully saturated rings. The van der Waals surface area contributed by atoms with E-state index in [9.17, 15) is 14.0 Å². The van der Waals surface area contributed by atoms with Crippen molar-refractivity contribution in [3.05, 3.63) is 23.6 Å². The third-order valence-electron chi connectivity index (χ3n) is 2.55. The molecule has 0 bridgehead atoms. The van der Waals surface area contributed by atoms with E-state index in [1.54, 1.807) is 7.05 Å². The van der Waals surface area contributed by atoms with Gasteiger partial charge in [0.1, 0.15) is 11.6 Å². The fourth-order valence-corrected chi connectivity index (χ4v) is 1.55. The van der Waals surface area contributed by atoms with Gasteiger partial charge in [0.25, 0.3) is 5.91 Å². The van der Waals surface area contributed by atoms with Crippen molar-refractivity contribution in [2.75, 3.05) is 25.5 Å². The lowest BCUT2D eigenvalue weighted by Gasteiger charge is -2.09. The van der Waals surface area contributed by atoms with E-state index in [1.165, 1.54) is 0 Å². The molecule has 110 valence electrons. The number of amides is 2. The molecule has 0 unspecified atom stereocenters. The summed E-state index contributed by atoms with van der Waals surface area (Å²) in [6.07, 6.45) is 2.07. The monoisotopic (exact) mass is 282 g/mol. The number of anilines is 1. The van der Waals surface area contributed by atoms with Gasteiger partial charge in [0, 0.05) is 26.6 Å². The number of hydrogen-bond acceptors (Lipinski definition) is 4. The third-order valence-corrected chi connectivity index (χ3v) is 2.55. The van der Waals surface area contributed by atoms with E-state index in [1.807, 2.05) is 6.92 Å². The lowest BCUT2D eigenvalue weighted by Crippen LogP contribution is -2.31. The van der Waals surface area contributed by atoms with Gasteiger partial charge in [0.15, 0.2) is 0 Å². The van der Waals surface area contributed by atoms with Crippen molar-refractivity contribution in [3.63, 3.8) is 0 Å². The van der Waals surface area contributed by atoms with Crippen LogP contribution < -0.4 is 16.0 Å². The van der Waals surface area contributed by atoms with Crippen molar-refractivity contribution in [2.24, 2.45) is 0 Å². The van der Waals surface area contributed by atoms with Crippen LogP contribution in [-0.2, 0) is 4.79 Å². The minimum absolute atomic E-state index is 0.112. The number of halogens is 1. The summed E-state index contributed by atoms with van der Waals surface area (Å²) in [4.78, 5) is 27.0. The molecule has 3 N–H and O–H groups in total. The first kappa shape index (κ1) is 15.9. The molecule has 0 saturated heterocycles. The summed E-state index contributed by atoms with van der Waals surface area (Å²) in [5.74, 6) is -0.892. The molecule has 0 aliphatic rings. The highest BCUT2D eigenvalue weighted by atomic mass is 19.1. The molecule has 1 rings (SSSR count). The summed E-state index contributed by atoms with van der Waals surface area (Å²) >= 11 is 0. The fourth-order valence-electron chi connectivity index (χ4n) is 1.55. The van der Waals surface area contributed by atoms with E-state index >= 15 is 0 Å². The molecule has 2 amide bonds. The van der Waals surface area contributed by atoms with Gasteiger partial charge in [-0.05, 0) is 12.5 Å². The van der Waals surface area contributed by atoms with Crippen molar-refractivity contribution < 1.29 is 14.0 Å². The van der Waals surface area contributed by atoms with Gasteiger partial charge < -0.3 is 16.0 Å². The summed E-state index contributed by atoms with van der Waals surface area (Å²) in [6.45, 7) is 2.76. The Morgan fingerprint density at radius 2 is 2.05 bits per heavy atom. The van der Waals surface area contributed by atoms with Crippen LogP contribution in [0.2, 0.25) is 0 Å². The molecule has 20 heavy (non-hydrogen) atoms. The number of rotatable bonds is 7. The Morgan fingerprint density at radius 1 is 1.30 bits per heavy atom. The molecule has 1 aromatic rings. The number of carbonyl (C=O) groups is 2. The van der Waals surface area contributed by atoms with Gasteiger partial charge in [-0.15, -0.1) is 0 Å². The fraction of sp³-hybridized carbons (Fsp3) is 0.462. The molecular weight excluding hydrogens is 263 g/mol. The van der Waals surface area contributed by atoms with Crippen LogP contribution in [-0.4, -0.2) is 36.9 Å². The van der Waals surface area contributed by atoms with E-state index in [0.717, 1.165) is 18.7 Å². The molecule has 7 heteroatoms. The first-order valence-corrected chi connectivity index (χ1v) is 6.46. The summed E-state index contributed by atoms with van der Waals surface area (Å²) in [7, 11) is 1.59. The molecule has 6 nitrogen and oxygen atoms in total. The van der Waals surface area contributed by atoms with Gasteiger partial charge in [-0.3, -0.25) is 9.59 Å². The number of nitrogens with zero attached hydrogens (tertiary/aromatic N) is 1. The molecule has 0 saturated carbocycles. The number of nitrogens with one attached hydrogen (secondary N) is 3. The maximum Gasteiger partial charge on any atom is 0.255 e. The Morgan fingerprint density at radius 3 is 2.70 bits per heavy atom. The van der Waals surface area contributed by atoms with Gasteiger partial charge >= 0.3 is 0 Å². The Balaban J connectivity index is 2.51. The topological polar surface area (TPSA) is 83.1 Å². The van der Waals surface area contributed by atoms with E-state index in [2.05, 4.69) is 20.9 Å². The highest BCUT2D eigenvalue weighted by Gasteiger charge is 2.13. The largest absolute Gasteiger partial charge is 0.372 e. The standard InChI is InChI=1S/C13H19FN4O2/c1-3-5-16-11(19)4-6-17-13(20)10-7-9(14)8-18-12(10)15-2/h7-8H,3-6H2,1-2H3,(H,15,18)(H,16,19)(H,17,20). The normalized spacial score (nSPS) is 9.95. The summed E-state index contributed by atoms with van der Waals surface area (Å²) in [5.41, 5.74) is 0.112. The number of carbonyl (C=O) groups excluding carboxylic acids is 2. The quantitative estimate of drug-likeness (QED) is 0.694. The smallest absolute Gasteiger partial charge is 0.255 e. The zero-order chi connectivity index (χ0) is 15.0. The molecule has 0 aromatic carbocycles. The second kappa shape index (κ2) is 8.08. The van der Waals surface area contributed by atoms with Crippen LogP contribution in [0.3, 0.4) is 0 Å². The van der Waals surface area contributed by atoms with Crippen LogP contribution in [0.5, 0.6) is 0 Å². The molecule has 1 aromatic heterocycles. The van der Waals surface area contributed by atoms with Crippen LogP contribution >= 0.6 is 0 Å².